The number of hydrogen-bond acceptors (Lipinski definition) is 3. The third-order valence-electron chi connectivity index (χ3n) is 1.20. The van der Waals surface area contributed by atoms with E-state index in [1.165, 1.54) is 0 Å². The fraction of sp³-hybridized carbons (Fsp3) is 0.286. The normalized spacial score (nSPS) is 9.50. The highest BCUT2D eigenvalue weighted by molar-refractivity contribution is 5.80. The van der Waals surface area contributed by atoms with Crippen molar-refractivity contribution in [3.8, 4) is 0 Å². The highest BCUT2D eigenvalue weighted by atomic mass is 16.4. The molecule has 0 fully saturated rings. The summed E-state index contributed by atoms with van der Waals surface area (Å²) in [7, 11) is 0. The third kappa shape index (κ3) is 2.19. The molecule has 2 N–H and O–H groups in total. The molecule has 0 aliphatic rings. The van der Waals surface area contributed by atoms with Crippen LogP contribution in [0.4, 0.5) is 10.7 Å². The topological polar surface area (TPSA) is 75.1 Å². The van der Waals surface area contributed by atoms with E-state index >= 15 is 0 Å². The number of amides is 1. The molecule has 0 radical (unpaired) electrons. The van der Waals surface area contributed by atoms with Crippen molar-refractivity contribution < 1.29 is 9.90 Å². The van der Waals surface area contributed by atoms with Gasteiger partial charge in [0.05, 0.1) is 0 Å². The van der Waals surface area contributed by atoms with Gasteiger partial charge in [-0.15, -0.1) is 0 Å². The minimum absolute atomic E-state index is 0.125. The Kier molecular flexibility index (Phi) is 2.23. The molecule has 5 heteroatoms. The second-order valence-electron chi connectivity index (χ2n) is 2.40. The summed E-state index contributed by atoms with van der Waals surface area (Å²) < 4.78 is 0. The molecule has 1 heterocycles. The average molecular weight is 167 g/mol. The van der Waals surface area contributed by atoms with Gasteiger partial charge in [0.1, 0.15) is 0 Å². The van der Waals surface area contributed by atoms with Crippen LogP contribution in [0, 0.1) is 13.8 Å². The Labute approximate surface area is 69.5 Å². The van der Waals surface area contributed by atoms with E-state index in [4.69, 9.17) is 5.11 Å². The van der Waals surface area contributed by atoms with E-state index in [2.05, 4.69) is 15.3 Å². The number of nitrogens with one attached hydrogen (secondary N) is 1. The standard InChI is InChI=1S/C7H9N3O2/c1-4-3-5(2)9-6(8-4)10-7(11)12/h3H,1-2H3,(H,11,12)(H,8,9,10). The van der Waals surface area contributed by atoms with Gasteiger partial charge >= 0.3 is 6.09 Å². The molecule has 1 amide bonds. The van der Waals surface area contributed by atoms with Gasteiger partial charge < -0.3 is 5.11 Å². The summed E-state index contributed by atoms with van der Waals surface area (Å²) in [6, 6.07) is 1.77. The smallest absolute Gasteiger partial charge is 0.411 e. The highest BCUT2D eigenvalue weighted by Gasteiger charge is 2.01. The van der Waals surface area contributed by atoms with Gasteiger partial charge in [0.2, 0.25) is 5.95 Å². The third-order valence-corrected chi connectivity index (χ3v) is 1.20. The molecule has 1 rings (SSSR count). The molecule has 0 saturated carbocycles. The molecular formula is C7H9N3O2. The van der Waals surface area contributed by atoms with Gasteiger partial charge in [-0.3, -0.25) is 5.32 Å². The van der Waals surface area contributed by atoms with Gasteiger partial charge in [-0.25, -0.2) is 14.8 Å². The summed E-state index contributed by atoms with van der Waals surface area (Å²) in [6.07, 6.45) is -1.15. The maximum absolute atomic E-state index is 10.2. The predicted octanol–water partition coefficient (Wildman–Crippen LogP) is 1.18. The van der Waals surface area contributed by atoms with Crippen LogP contribution in [0.2, 0.25) is 0 Å². The number of carbonyl (C=O) groups is 1. The molecule has 0 atom stereocenters. The number of aromatic nitrogens is 2. The van der Waals surface area contributed by atoms with E-state index < -0.39 is 6.09 Å². The maximum Gasteiger partial charge on any atom is 0.411 e. The van der Waals surface area contributed by atoms with Crippen LogP contribution in [0.15, 0.2) is 6.07 Å². The molecule has 1 aromatic heterocycles. The Hall–Kier alpha value is -1.65. The zero-order valence-corrected chi connectivity index (χ0v) is 6.83. The van der Waals surface area contributed by atoms with Gasteiger partial charge in [0.15, 0.2) is 0 Å². The van der Waals surface area contributed by atoms with Gasteiger partial charge in [0.25, 0.3) is 0 Å². The van der Waals surface area contributed by atoms with Crippen LogP contribution in [0.25, 0.3) is 0 Å². The van der Waals surface area contributed by atoms with Crippen molar-refractivity contribution in [2.75, 3.05) is 5.32 Å². The Morgan fingerprint density at radius 1 is 1.42 bits per heavy atom. The lowest BCUT2D eigenvalue weighted by molar-refractivity contribution is 0.209. The molecule has 1 aromatic rings. The molecule has 0 spiro atoms. The number of aryl methyl sites for hydroxylation is 2. The number of anilines is 1. The lowest BCUT2D eigenvalue weighted by atomic mass is 10.4. The number of carboxylic acid groups (broad SMARTS) is 1. The first-order valence-electron chi connectivity index (χ1n) is 3.40. The average Bonchev–Trinajstić information content (AvgIpc) is 1.81. The van der Waals surface area contributed by atoms with Crippen molar-refractivity contribution in [3.63, 3.8) is 0 Å². The van der Waals surface area contributed by atoms with Crippen LogP contribution in [0.5, 0.6) is 0 Å². The molecule has 0 aliphatic heterocycles. The molecule has 0 bridgehead atoms. The molecule has 0 aliphatic carbocycles. The largest absolute Gasteiger partial charge is 0.465 e. The Morgan fingerprint density at radius 3 is 2.33 bits per heavy atom. The first-order chi connectivity index (χ1) is 5.58. The first-order valence-corrected chi connectivity index (χ1v) is 3.40. The predicted molar refractivity (Wildman–Crippen MR) is 43.2 cm³/mol. The summed E-state index contributed by atoms with van der Waals surface area (Å²) in [5.41, 5.74) is 1.48. The van der Waals surface area contributed by atoms with Crippen LogP contribution in [-0.2, 0) is 0 Å². The van der Waals surface area contributed by atoms with Crippen molar-refractivity contribution in [2.24, 2.45) is 0 Å². The quantitative estimate of drug-likeness (QED) is 0.658. The lowest BCUT2D eigenvalue weighted by Gasteiger charge is -2.00. The fourth-order valence-corrected chi connectivity index (χ4v) is 0.877. The molecule has 64 valence electrons. The van der Waals surface area contributed by atoms with E-state index in [1.807, 2.05) is 0 Å². The zero-order valence-electron chi connectivity index (χ0n) is 6.83. The van der Waals surface area contributed by atoms with Crippen molar-refractivity contribution in [1.29, 1.82) is 0 Å². The first kappa shape index (κ1) is 8.45. The molecule has 5 nitrogen and oxygen atoms in total. The molecule has 12 heavy (non-hydrogen) atoms. The lowest BCUT2D eigenvalue weighted by Crippen LogP contribution is -2.11. The van der Waals surface area contributed by atoms with Gasteiger partial charge in [-0.2, -0.15) is 0 Å². The van der Waals surface area contributed by atoms with Crippen molar-refractivity contribution in [2.45, 2.75) is 13.8 Å². The van der Waals surface area contributed by atoms with E-state index in [0.29, 0.717) is 0 Å². The second-order valence-corrected chi connectivity index (χ2v) is 2.40. The van der Waals surface area contributed by atoms with Gasteiger partial charge in [-0.05, 0) is 19.9 Å². The highest BCUT2D eigenvalue weighted by Crippen LogP contribution is 2.02. The summed E-state index contributed by atoms with van der Waals surface area (Å²) in [5.74, 6) is 0.125. The van der Waals surface area contributed by atoms with Crippen molar-refractivity contribution >= 4 is 12.0 Å². The Balaban J connectivity index is 2.93. The van der Waals surface area contributed by atoms with Crippen molar-refractivity contribution in [3.05, 3.63) is 17.5 Å². The van der Waals surface area contributed by atoms with Crippen molar-refractivity contribution in [1.82, 2.24) is 9.97 Å². The fourth-order valence-electron chi connectivity index (χ4n) is 0.877. The van der Waals surface area contributed by atoms with Crippen LogP contribution >= 0.6 is 0 Å². The summed E-state index contributed by atoms with van der Waals surface area (Å²) >= 11 is 0. The van der Waals surface area contributed by atoms with Crippen LogP contribution in [0.3, 0.4) is 0 Å². The minimum Gasteiger partial charge on any atom is -0.465 e. The van der Waals surface area contributed by atoms with E-state index in [9.17, 15) is 4.79 Å². The van der Waals surface area contributed by atoms with Crippen LogP contribution in [-0.4, -0.2) is 21.2 Å². The Morgan fingerprint density at radius 2 is 1.92 bits per heavy atom. The number of hydrogen-bond donors (Lipinski definition) is 2. The summed E-state index contributed by atoms with van der Waals surface area (Å²) in [6.45, 7) is 3.56. The second kappa shape index (κ2) is 3.17. The summed E-state index contributed by atoms with van der Waals surface area (Å²) in [5, 5.41) is 10.4. The number of nitrogens with zero attached hydrogens (tertiary/aromatic N) is 2. The van der Waals surface area contributed by atoms with Crippen LogP contribution in [0.1, 0.15) is 11.4 Å². The molecule has 0 unspecified atom stereocenters. The monoisotopic (exact) mass is 167 g/mol. The van der Waals surface area contributed by atoms with E-state index in [0.717, 1.165) is 11.4 Å². The number of rotatable bonds is 1. The zero-order chi connectivity index (χ0) is 9.14. The van der Waals surface area contributed by atoms with Crippen LogP contribution < -0.4 is 5.32 Å². The van der Waals surface area contributed by atoms with E-state index in [1.54, 1.807) is 19.9 Å². The molecule has 0 aromatic carbocycles. The minimum atomic E-state index is -1.15. The van der Waals surface area contributed by atoms with Gasteiger partial charge in [0, 0.05) is 11.4 Å². The molecular weight excluding hydrogens is 158 g/mol. The van der Waals surface area contributed by atoms with Gasteiger partial charge in [-0.1, -0.05) is 0 Å². The SMILES string of the molecule is Cc1cc(C)nc(NC(=O)O)n1. The van der Waals surface area contributed by atoms with E-state index in [-0.39, 0.29) is 5.95 Å². The summed E-state index contributed by atoms with van der Waals surface area (Å²) in [4.78, 5) is 17.9. The molecule has 0 saturated heterocycles. The maximum atomic E-state index is 10.2. The Bertz CT molecular complexity index is 291.